The van der Waals surface area contributed by atoms with Crippen molar-refractivity contribution in [3.63, 3.8) is 0 Å². The van der Waals surface area contributed by atoms with Gasteiger partial charge < -0.3 is 44.6 Å². The summed E-state index contributed by atoms with van der Waals surface area (Å²) >= 11 is 0. The van der Waals surface area contributed by atoms with Crippen molar-refractivity contribution in [3.8, 4) is 45.9 Å². The monoisotopic (exact) mass is 1080 g/mol. The molecule has 0 bridgehead atoms. The smallest absolute Gasteiger partial charge is 0.377 e. The molecule has 0 atom stereocenters. The second kappa shape index (κ2) is 24.1. The number of carboxylic acid groups (broad SMARTS) is 1. The first-order chi connectivity index (χ1) is 37.5. The molecule has 2 aliphatic rings. The minimum absolute atomic E-state index is 0. The largest absolute Gasteiger partial charge is 0.494 e. The van der Waals surface area contributed by atoms with Crippen LogP contribution in [0.2, 0.25) is 0 Å². The number of carboxylic acids is 1. The highest BCUT2D eigenvalue weighted by atomic mass is 16.5. The third kappa shape index (κ3) is 11.2. The molecular weight excluding hydrogens is 1020 g/mol. The van der Waals surface area contributed by atoms with Crippen LogP contribution in [-0.2, 0) is 9.59 Å². The minimum atomic E-state index is -1.54. The summed E-state index contributed by atoms with van der Waals surface area (Å²) in [5.74, 6) is 0.380. The van der Waals surface area contributed by atoms with Crippen molar-refractivity contribution < 1.29 is 33.8 Å². The van der Waals surface area contributed by atoms with Crippen LogP contribution in [0, 0.1) is 13.8 Å². The van der Waals surface area contributed by atoms with E-state index in [-0.39, 0.29) is 26.0 Å². The number of ketones is 2. The van der Waals surface area contributed by atoms with Crippen LogP contribution in [0.25, 0.3) is 56.2 Å². The van der Waals surface area contributed by atoms with Crippen LogP contribution in [0.5, 0.6) is 11.5 Å². The van der Waals surface area contributed by atoms with E-state index in [1.165, 1.54) is 61.0 Å². The maximum absolute atomic E-state index is 13.4. The number of aromatic amines is 4. The lowest BCUT2D eigenvalue weighted by atomic mass is 10.1. The lowest BCUT2D eigenvalue weighted by molar-refractivity contribution is -0.131. The van der Waals surface area contributed by atoms with Crippen molar-refractivity contribution in [1.82, 2.24) is 100 Å². The van der Waals surface area contributed by atoms with Gasteiger partial charge in [0.05, 0.1) is 70.9 Å². The maximum atomic E-state index is 13.4. The first-order valence-electron chi connectivity index (χ1n) is 23.8. The van der Waals surface area contributed by atoms with Crippen LogP contribution in [0.3, 0.4) is 0 Å². The summed E-state index contributed by atoms with van der Waals surface area (Å²) in [5, 5.41) is 43.8. The van der Waals surface area contributed by atoms with Crippen LogP contribution in [0.15, 0.2) is 86.2 Å². The third-order valence-electron chi connectivity index (χ3n) is 12.4. The molecule has 2 aliphatic heterocycles. The summed E-state index contributed by atoms with van der Waals surface area (Å²) in [5.41, 5.74) is 4.19. The Morgan fingerprint density at radius 1 is 0.570 bits per heavy atom. The number of H-pyrrole nitrogens is 4. The molecule has 0 aliphatic carbocycles. The number of fused-ring (bicyclic) bond motifs is 2. The number of carbonyl (C=O) groups excluding carboxylic acids is 3. The first-order valence-corrected chi connectivity index (χ1v) is 23.8. The Labute approximate surface area is 449 Å². The molecule has 10 aromatic rings. The molecule has 408 valence electrons. The molecule has 79 heavy (non-hydrogen) atoms. The summed E-state index contributed by atoms with van der Waals surface area (Å²) in [7, 11) is 2.90. The van der Waals surface area contributed by atoms with Crippen LogP contribution in [0.1, 0.15) is 47.2 Å². The summed E-state index contributed by atoms with van der Waals surface area (Å²) in [6.45, 7) is 9.03. The van der Waals surface area contributed by atoms with Crippen molar-refractivity contribution in [2.45, 2.75) is 28.7 Å². The van der Waals surface area contributed by atoms with E-state index < -0.39 is 23.4 Å². The predicted octanol–water partition coefficient (Wildman–Crippen LogP) is 3.45. The van der Waals surface area contributed by atoms with Crippen molar-refractivity contribution in [3.05, 3.63) is 109 Å². The van der Waals surface area contributed by atoms with Crippen molar-refractivity contribution >= 4 is 56.9 Å². The van der Waals surface area contributed by atoms with Gasteiger partial charge in [-0.3, -0.25) is 24.4 Å². The Morgan fingerprint density at radius 2 is 1.04 bits per heavy atom. The number of hydrogen-bond acceptors (Lipinski definition) is 21. The lowest BCUT2D eigenvalue weighted by Gasteiger charge is -2.34. The normalized spacial score (nSPS) is 13.1. The zero-order valence-electron chi connectivity index (χ0n) is 41.7. The molecule has 0 spiro atoms. The fraction of sp³-hybridized carbons (Fsp3) is 0.280. The minimum Gasteiger partial charge on any atom is -0.494 e. The summed E-state index contributed by atoms with van der Waals surface area (Å²) in [4.78, 5) is 86.7. The van der Waals surface area contributed by atoms with E-state index in [4.69, 9.17) is 14.6 Å². The Balaban J connectivity index is 0.000000170. The number of carbonyl (C=O) groups is 4. The van der Waals surface area contributed by atoms with E-state index in [9.17, 15) is 19.2 Å². The van der Waals surface area contributed by atoms with E-state index in [0.717, 1.165) is 43.4 Å². The molecular formula is C50H56N22O7. The molecule has 0 radical (unpaired) electrons. The number of nitrogens with one attached hydrogen (secondary N) is 5. The van der Waals surface area contributed by atoms with Gasteiger partial charge in [0.1, 0.15) is 35.8 Å². The van der Waals surface area contributed by atoms with Gasteiger partial charge in [-0.15, -0.1) is 10.2 Å². The number of Topliss-reactive ketones (excluding diaryl/α,β-unsaturated/α-hetero) is 2. The maximum Gasteiger partial charge on any atom is 0.377 e. The molecule has 12 rings (SSSR count). The number of nitrogens with zero attached hydrogens (tertiary/aromatic N) is 17. The molecule has 0 saturated carbocycles. The average molecular weight is 1080 g/mol. The van der Waals surface area contributed by atoms with Gasteiger partial charge in [-0.05, 0) is 38.1 Å². The van der Waals surface area contributed by atoms with E-state index >= 15 is 0 Å². The average Bonchev–Trinajstić information content (AvgIpc) is 4.39. The molecule has 10 aromatic heterocycles. The number of aryl methyl sites for hydroxylation is 2. The van der Waals surface area contributed by atoms with E-state index in [2.05, 4.69) is 91.1 Å². The fourth-order valence-electron chi connectivity index (χ4n) is 8.73. The van der Waals surface area contributed by atoms with Gasteiger partial charge in [0.2, 0.25) is 0 Å². The van der Waals surface area contributed by atoms with Crippen LogP contribution >= 0.6 is 0 Å². The number of aliphatic carboxylic acids is 1. The Morgan fingerprint density at radius 3 is 1.46 bits per heavy atom. The van der Waals surface area contributed by atoms with Crippen molar-refractivity contribution in [2.24, 2.45) is 0 Å². The highest BCUT2D eigenvalue weighted by molar-refractivity contribution is 6.45. The zero-order chi connectivity index (χ0) is 53.6. The molecule has 0 unspecified atom stereocenters. The highest BCUT2D eigenvalue weighted by Crippen LogP contribution is 2.34. The first kappa shape index (κ1) is 54.9. The Bertz CT molecular complexity index is 3720. The van der Waals surface area contributed by atoms with Gasteiger partial charge in [-0.25, -0.2) is 34.1 Å². The van der Waals surface area contributed by atoms with Gasteiger partial charge in [0.15, 0.2) is 34.7 Å². The number of piperazine rings is 2. The quantitative estimate of drug-likeness (QED) is 0.0753. The van der Waals surface area contributed by atoms with Crippen LogP contribution in [0.4, 0.5) is 11.6 Å². The number of anilines is 2. The molecule has 6 N–H and O–H groups in total. The topological polar surface area (TPSA) is 356 Å². The number of aromatic nitrogens is 18. The Kier molecular flexibility index (Phi) is 16.8. The van der Waals surface area contributed by atoms with Gasteiger partial charge >= 0.3 is 5.97 Å². The van der Waals surface area contributed by atoms with E-state index in [1.54, 1.807) is 31.1 Å². The van der Waals surface area contributed by atoms with E-state index in [1.807, 2.05) is 41.3 Å². The fourth-order valence-corrected chi connectivity index (χ4v) is 8.73. The standard InChI is InChI=1S/C24H23N11O3.C13H11N5O4.C11H14N6.2CH4/c1-14-28-13-35(31-14)22-20-18(17(38-2)12-27-22)15(11-26-20)21(36)24(37)34-9-7-33(8-10-34)23-19(29-32-30-23)16-5-3-4-6-25-16;1-6-16-5-18(17-6)12-10-9(8(22-2)4-15-12)7(3-14-10)11(19)13(20)21;1-2-4-13-9(3-1)10-11(15-16-14-10)17-7-5-12-6-8-17;;/h3-6,11-13,26H,7-10H2,1-2H3,(H,29,30,32);3-5,14H,1-2H3,(H,20,21);1-4,12H,5-8H2,(H,14,15,16);2*1H4. The van der Waals surface area contributed by atoms with Crippen molar-refractivity contribution in [2.75, 3.05) is 76.4 Å². The number of methoxy groups -OCH3 is 2. The highest BCUT2D eigenvalue weighted by Gasteiger charge is 2.32. The van der Waals surface area contributed by atoms with Gasteiger partial charge in [0, 0.05) is 77.1 Å². The number of hydrogen-bond donors (Lipinski definition) is 6. The molecule has 2 fully saturated rings. The molecule has 2 saturated heterocycles. The molecule has 1 amide bonds. The summed E-state index contributed by atoms with van der Waals surface area (Å²) in [6.07, 6.45) is 12.2. The molecule has 29 nitrogen and oxygen atoms in total. The molecule has 12 heterocycles. The lowest BCUT2D eigenvalue weighted by Crippen LogP contribution is -2.50. The second-order valence-corrected chi connectivity index (χ2v) is 17.1. The van der Waals surface area contributed by atoms with Gasteiger partial charge in [-0.2, -0.15) is 30.8 Å². The predicted molar refractivity (Wildman–Crippen MR) is 287 cm³/mol. The summed E-state index contributed by atoms with van der Waals surface area (Å²) in [6, 6.07) is 11.4. The Hall–Kier alpha value is -10.3. The number of rotatable bonds is 12. The van der Waals surface area contributed by atoms with Gasteiger partial charge in [0.25, 0.3) is 17.5 Å². The van der Waals surface area contributed by atoms with Crippen LogP contribution < -0.4 is 24.6 Å². The second-order valence-electron chi connectivity index (χ2n) is 17.1. The zero-order valence-corrected chi connectivity index (χ0v) is 41.7. The molecule has 29 heteroatoms. The number of ether oxygens (including phenoxy) is 2. The van der Waals surface area contributed by atoms with Crippen LogP contribution in [-0.4, -0.2) is 190 Å². The summed E-state index contributed by atoms with van der Waals surface area (Å²) < 4.78 is 13.6. The number of amides is 1. The third-order valence-corrected chi connectivity index (χ3v) is 12.4. The SMILES string of the molecule is C.C.COc1cnc(-n2cnc(C)n2)c2[nH]cc(C(=O)C(=O)N3CCN(c4n[nH]nc4-c4ccccn4)CC3)c12.COc1cnc(-n2cnc(C)n2)c2[nH]cc(C(=O)C(=O)O)c12.c1ccc(-c2n[nH]nc2N2CCNCC2)nc1. The number of pyridine rings is 4. The van der Waals surface area contributed by atoms with Crippen molar-refractivity contribution in [1.29, 1.82) is 0 Å². The molecule has 0 aromatic carbocycles. The van der Waals surface area contributed by atoms with E-state index in [0.29, 0.717) is 100.0 Å². The van der Waals surface area contributed by atoms with Gasteiger partial charge in [-0.1, -0.05) is 27.0 Å².